The fraction of sp³-hybridized carbons (Fsp3) is 0.485. The number of hydrogen-bond donors (Lipinski definition) is 2. The number of benzene rings is 2. The third-order valence-corrected chi connectivity index (χ3v) is 8.74. The molecule has 228 valence electrons. The average Bonchev–Trinajstić information content (AvgIpc) is 3.72. The SMILES string of the molecule is CC(C)(Oc1cccc(N2CCC[C@@H](C(=O)N(Cc3ccc(-c4cn[nH]c4)cc3F)C3CC3)C2)c1)C(=O)N1CCNCC1. The minimum atomic E-state index is -0.993. The smallest absolute Gasteiger partial charge is 0.266 e. The standard InChI is InChI=1S/C33H41FN6O3/c1-33(2,32(42)38-15-12-35-13-16-38)43-29-7-3-6-28(18-29)39-14-4-5-25(21-39)31(41)40(27-10-11-27)22-24-9-8-23(17-30(24)34)26-19-36-37-20-26/h3,6-9,17-20,25,27,35H,4-5,10-16,21-22H2,1-2H3,(H,36,37)/t25-/m1/s1. The number of aromatic nitrogens is 2. The Kier molecular flexibility index (Phi) is 8.38. The Morgan fingerprint density at radius 3 is 2.60 bits per heavy atom. The van der Waals surface area contributed by atoms with Crippen molar-refractivity contribution in [3.63, 3.8) is 0 Å². The van der Waals surface area contributed by atoms with E-state index in [-0.39, 0.29) is 36.1 Å². The average molecular weight is 589 g/mol. The summed E-state index contributed by atoms with van der Waals surface area (Å²) in [5.74, 6) is 0.236. The summed E-state index contributed by atoms with van der Waals surface area (Å²) in [6, 6.07) is 13.2. The van der Waals surface area contributed by atoms with Crippen molar-refractivity contribution >= 4 is 17.5 Å². The summed E-state index contributed by atoms with van der Waals surface area (Å²) in [5.41, 5.74) is 2.09. The van der Waals surface area contributed by atoms with Crippen LogP contribution in [-0.4, -0.2) is 82.7 Å². The summed E-state index contributed by atoms with van der Waals surface area (Å²) in [4.78, 5) is 33.0. The molecule has 3 heterocycles. The summed E-state index contributed by atoms with van der Waals surface area (Å²) in [6.07, 6.45) is 7.01. The van der Waals surface area contributed by atoms with Crippen LogP contribution in [0.3, 0.4) is 0 Å². The van der Waals surface area contributed by atoms with Crippen LogP contribution in [0, 0.1) is 11.7 Å². The number of rotatable bonds is 9. The van der Waals surface area contributed by atoms with Gasteiger partial charge in [-0.1, -0.05) is 18.2 Å². The van der Waals surface area contributed by atoms with Crippen LogP contribution in [0.25, 0.3) is 11.1 Å². The molecule has 2 saturated heterocycles. The molecule has 2 aliphatic heterocycles. The van der Waals surface area contributed by atoms with E-state index in [0.717, 1.165) is 62.1 Å². The van der Waals surface area contributed by atoms with Crippen molar-refractivity contribution in [3.05, 3.63) is 66.2 Å². The van der Waals surface area contributed by atoms with E-state index < -0.39 is 5.60 Å². The number of aromatic amines is 1. The zero-order chi connectivity index (χ0) is 30.0. The van der Waals surface area contributed by atoms with Crippen molar-refractivity contribution in [2.24, 2.45) is 5.92 Å². The van der Waals surface area contributed by atoms with E-state index in [0.29, 0.717) is 30.9 Å². The lowest BCUT2D eigenvalue weighted by Crippen LogP contribution is -2.54. The maximum atomic E-state index is 15.2. The molecule has 43 heavy (non-hydrogen) atoms. The second-order valence-corrected chi connectivity index (χ2v) is 12.4. The van der Waals surface area contributed by atoms with Crippen LogP contribution in [0.15, 0.2) is 54.9 Å². The highest BCUT2D eigenvalue weighted by Gasteiger charge is 2.38. The predicted molar refractivity (Wildman–Crippen MR) is 163 cm³/mol. The van der Waals surface area contributed by atoms with E-state index in [4.69, 9.17) is 4.74 Å². The van der Waals surface area contributed by atoms with Gasteiger partial charge in [0.25, 0.3) is 5.91 Å². The van der Waals surface area contributed by atoms with Crippen molar-refractivity contribution in [2.45, 2.75) is 57.7 Å². The van der Waals surface area contributed by atoms with Gasteiger partial charge < -0.3 is 24.8 Å². The molecule has 0 radical (unpaired) electrons. The minimum absolute atomic E-state index is 0.0178. The molecule has 2 N–H and O–H groups in total. The summed E-state index contributed by atoms with van der Waals surface area (Å²) in [6.45, 7) is 8.28. The van der Waals surface area contributed by atoms with Gasteiger partial charge in [0, 0.05) is 80.9 Å². The Morgan fingerprint density at radius 1 is 1.07 bits per heavy atom. The second-order valence-electron chi connectivity index (χ2n) is 12.4. The number of carbonyl (C=O) groups is 2. The van der Waals surface area contributed by atoms with Crippen molar-refractivity contribution in [3.8, 4) is 16.9 Å². The highest BCUT2D eigenvalue weighted by atomic mass is 19.1. The van der Waals surface area contributed by atoms with E-state index in [1.165, 1.54) is 6.07 Å². The molecular formula is C33H41FN6O3. The highest BCUT2D eigenvalue weighted by Crippen LogP contribution is 2.34. The molecule has 1 aromatic heterocycles. The molecule has 2 aromatic carbocycles. The molecule has 3 aromatic rings. The first-order valence-corrected chi connectivity index (χ1v) is 15.4. The van der Waals surface area contributed by atoms with Crippen LogP contribution in [0.4, 0.5) is 10.1 Å². The Morgan fingerprint density at radius 2 is 1.88 bits per heavy atom. The number of piperidine rings is 1. The molecule has 1 aliphatic carbocycles. The van der Waals surface area contributed by atoms with Crippen molar-refractivity contribution < 1.29 is 18.7 Å². The van der Waals surface area contributed by atoms with Gasteiger partial charge >= 0.3 is 0 Å². The number of nitrogens with zero attached hydrogens (tertiary/aromatic N) is 4. The van der Waals surface area contributed by atoms with Gasteiger partial charge in [-0.15, -0.1) is 0 Å². The Hall–Kier alpha value is -3.92. The van der Waals surface area contributed by atoms with Crippen LogP contribution in [0.5, 0.6) is 5.75 Å². The molecule has 1 atom stereocenters. The molecule has 3 aliphatic rings. The number of hydrogen-bond acceptors (Lipinski definition) is 6. The summed E-state index contributed by atoms with van der Waals surface area (Å²) in [5, 5.41) is 9.99. The molecule has 0 spiro atoms. The van der Waals surface area contributed by atoms with Crippen LogP contribution < -0.4 is 15.0 Å². The number of ether oxygens (including phenoxy) is 1. The van der Waals surface area contributed by atoms with Gasteiger partial charge in [-0.05, 0) is 63.3 Å². The van der Waals surface area contributed by atoms with Crippen LogP contribution in [0.2, 0.25) is 0 Å². The molecule has 2 amide bonds. The quantitative estimate of drug-likeness (QED) is 0.389. The first-order chi connectivity index (χ1) is 20.8. The minimum Gasteiger partial charge on any atom is -0.478 e. The molecule has 1 saturated carbocycles. The zero-order valence-corrected chi connectivity index (χ0v) is 25.0. The van der Waals surface area contributed by atoms with Crippen molar-refractivity contribution in [2.75, 3.05) is 44.2 Å². The fourth-order valence-corrected chi connectivity index (χ4v) is 6.20. The Labute approximate surface area is 252 Å². The molecule has 10 heteroatoms. The van der Waals surface area contributed by atoms with E-state index in [9.17, 15) is 9.59 Å². The molecular weight excluding hydrogens is 547 g/mol. The lowest BCUT2D eigenvalue weighted by atomic mass is 9.95. The van der Waals surface area contributed by atoms with E-state index in [1.54, 1.807) is 18.5 Å². The van der Waals surface area contributed by atoms with Gasteiger partial charge in [-0.2, -0.15) is 5.10 Å². The van der Waals surface area contributed by atoms with Crippen LogP contribution in [0.1, 0.15) is 45.1 Å². The summed E-state index contributed by atoms with van der Waals surface area (Å²) in [7, 11) is 0. The normalized spacial score (nSPS) is 19.3. The zero-order valence-electron chi connectivity index (χ0n) is 25.0. The van der Waals surface area contributed by atoms with Gasteiger partial charge in [-0.25, -0.2) is 4.39 Å². The van der Waals surface area contributed by atoms with Gasteiger partial charge in [0.15, 0.2) is 5.60 Å². The third-order valence-electron chi connectivity index (χ3n) is 8.74. The Balaban J connectivity index is 1.12. The van der Waals surface area contributed by atoms with E-state index in [2.05, 4.69) is 20.4 Å². The van der Waals surface area contributed by atoms with Crippen molar-refractivity contribution in [1.29, 1.82) is 0 Å². The molecule has 9 nitrogen and oxygen atoms in total. The van der Waals surface area contributed by atoms with Crippen molar-refractivity contribution in [1.82, 2.24) is 25.3 Å². The number of anilines is 1. The largest absolute Gasteiger partial charge is 0.478 e. The van der Waals surface area contributed by atoms with E-state index in [1.807, 2.05) is 54.0 Å². The molecule has 0 unspecified atom stereocenters. The fourth-order valence-electron chi connectivity index (χ4n) is 6.20. The van der Waals surface area contributed by atoms with Crippen LogP contribution in [-0.2, 0) is 16.1 Å². The second kappa shape index (κ2) is 12.4. The van der Waals surface area contributed by atoms with Crippen LogP contribution >= 0.6 is 0 Å². The molecule has 6 rings (SSSR count). The lowest BCUT2D eigenvalue weighted by molar-refractivity contribution is -0.146. The maximum absolute atomic E-state index is 15.2. The van der Waals surface area contributed by atoms with Gasteiger partial charge in [0.1, 0.15) is 11.6 Å². The number of amides is 2. The number of H-pyrrole nitrogens is 1. The number of piperazine rings is 1. The first-order valence-electron chi connectivity index (χ1n) is 15.4. The molecule has 3 fully saturated rings. The predicted octanol–water partition coefficient (Wildman–Crippen LogP) is 4.21. The Bertz CT molecular complexity index is 1430. The topological polar surface area (TPSA) is 93.8 Å². The summed E-state index contributed by atoms with van der Waals surface area (Å²) < 4.78 is 21.4. The molecule has 0 bridgehead atoms. The van der Waals surface area contributed by atoms with Gasteiger partial charge in [0.05, 0.1) is 12.1 Å². The van der Waals surface area contributed by atoms with Gasteiger partial charge in [-0.3, -0.25) is 14.7 Å². The van der Waals surface area contributed by atoms with E-state index >= 15 is 4.39 Å². The highest BCUT2D eigenvalue weighted by molar-refractivity contribution is 5.85. The monoisotopic (exact) mass is 588 g/mol. The third kappa shape index (κ3) is 6.69. The number of carbonyl (C=O) groups excluding carboxylic acids is 2. The maximum Gasteiger partial charge on any atom is 0.266 e. The number of nitrogens with one attached hydrogen (secondary N) is 2. The summed E-state index contributed by atoms with van der Waals surface area (Å²) >= 11 is 0. The number of halogens is 1. The first kappa shape index (κ1) is 29.2. The van der Waals surface area contributed by atoms with Gasteiger partial charge in [0.2, 0.25) is 5.91 Å². The lowest BCUT2D eigenvalue weighted by Gasteiger charge is -2.37.